The van der Waals surface area contributed by atoms with E-state index in [1.165, 1.54) is 5.56 Å². The van der Waals surface area contributed by atoms with Crippen molar-refractivity contribution in [2.75, 3.05) is 0 Å². The smallest absolute Gasteiger partial charge is 0.311 e. The van der Waals surface area contributed by atoms with E-state index in [0.717, 1.165) is 35.0 Å². The van der Waals surface area contributed by atoms with Gasteiger partial charge in [-0.3, -0.25) is 4.40 Å². The number of H-pyrrole nitrogens is 1. The van der Waals surface area contributed by atoms with Crippen LogP contribution < -0.4 is 5.69 Å². The quantitative estimate of drug-likeness (QED) is 0.734. The standard InChI is InChI=1S/C15H16N2O/c1-3-11-12(4-2)16-15(18)17-13-8-6-5-7-10(13)9-14(11)17/h5-9H,3-4H2,1-2H3,(H,16,18). The summed E-state index contributed by atoms with van der Waals surface area (Å²) >= 11 is 0. The summed E-state index contributed by atoms with van der Waals surface area (Å²) in [6.07, 6.45) is 1.79. The predicted octanol–water partition coefficient (Wildman–Crippen LogP) is 2.91. The van der Waals surface area contributed by atoms with E-state index in [1.807, 2.05) is 24.3 Å². The van der Waals surface area contributed by atoms with Crippen LogP contribution in [0.1, 0.15) is 25.1 Å². The highest BCUT2D eigenvalue weighted by atomic mass is 16.1. The monoisotopic (exact) mass is 240 g/mol. The fourth-order valence-corrected chi connectivity index (χ4v) is 2.71. The van der Waals surface area contributed by atoms with Crippen LogP contribution in [0.4, 0.5) is 0 Å². The number of aromatic amines is 1. The Morgan fingerprint density at radius 2 is 1.89 bits per heavy atom. The molecule has 0 aliphatic carbocycles. The Hall–Kier alpha value is -2.03. The van der Waals surface area contributed by atoms with Crippen molar-refractivity contribution < 1.29 is 0 Å². The van der Waals surface area contributed by atoms with E-state index in [9.17, 15) is 4.79 Å². The topological polar surface area (TPSA) is 37.3 Å². The number of fused-ring (bicyclic) bond motifs is 3. The number of hydrogen-bond acceptors (Lipinski definition) is 1. The minimum Gasteiger partial charge on any atom is -0.311 e. The number of para-hydroxylation sites is 1. The van der Waals surface area contributed by atoms with Gasteiger partial charge in [-0.2, -0.15) is 0 Å². The van der Waals surface area contributed by atoms with Gasteiger partial charge in [0.2, 0.25) is 0 Å². The molecule has 0 unspecified atom stereocenters. The van der Waals surface area contributed by atoms with E-state index < -0.39 is 0 Å². The highest BCUT2D eigenvalue weighted by Gasteiger charge is 2.11. The maximum absolute atomic E-state index is 12.2. The lowest BCUT2D eigenvalue weighted by Crippen LogP contribution is -2.19. The summed E-state index contributed by atoms with van der Waals surface area (Å²) in [5.41, 5.74) is 4.27. The van der Waals surface area contributed by atoms with Crippen LogP contribution in [0.15, 0.2) is 35.1 Å². The van der Waals surface area contributed by atoms with Gasteiger partial charge in [0, 0.05) is 11.1 Å². The third-order valence-corrected chi connectivity index (χ3v) is 3.55. The van der Waals surface area contributed by atoms with E-state index in [-0.39, 0.29) is 5.69 Å². The predicted molar refractivity (Wildman–Crippen MR) is 74.3 cm³/mol. The van der Waals surface area contributed by atoms with Crippen molar-refractivity contribution in [1.29, 1.82) is 0 Å². The molecule has 0 aliphatic heterocycles. The van der Waals surface area contributed by atoms with Gasteiger partial charge in [-0.25, -0.2) is 4.79 Å². The number of nitrogens with zero attached hydrogens (tertiary/aromatic N) is 1. The van der Waals surface area contributed by atoms with Crippen LogP contribution in [0.25, 0.3) is 16.4 Å². The average Bonchev–Trinajstić information content (AvgIpc) is 2.78. The molecule has 92 valence electrons. The Morgan fingerprint density at radius 1 is 1.11 bits per heavy atom. The number of hydrogen-bond donors (Lipinski definition) is 1. The van der Waals surface area contributed by atoms with Crippen LogP contribution >= 0.6 is 0 Å². The zero-order chi connectivity index (χ0) is 12.7. The van der Waals surface area contributed by atoms with Gasteiger partial charge in [0.15, 0.2) is 0 Å². The summed E-state index contributed by atoms with van der Waals surface area (Å²) in [6.45, 7) is 4.20. The van der Waals surface area contributed by atoms with Gasteiger partial charge in [-0.1, -0.05) is 32.0 Å². The van der Waals surface area contributed by atoms with Crippen LogP contribution in [0, 0.1) is 0 Å². The molecule has 18 heavy (non-hydrogen) atoms. The molecule has 1 aromatic carbocycles. The molecular weight excluding hydrogens is 224 g/mol. The molecule has 3 aromatic rings. The number of benzene rings is 1. The van der Waals surface area contributed by atoms with E-state index in [2.05, 4.69) is 24.9 Å². The lowest BCUT2D eigenvalue weighted by molar-refractivity contribution is 0.899. The summed E-state index contributed by atoms with van der Waals surface area (Å²) in [6, 6.07) is 10.1. The molecule has 0 atom stereocenters. The van der Waals surface area contributed by atoms with E-state index in [4.69, 9.17) is 0 Å². The number of aromatic nitrogens is 2. The van der Waals surface area contributed by atoms with Gasteiger partial charge in [0.25, 0.3) is 0 Å². The van der Waals surface area contributed by atoms with Gasteiger partial charge in [-0.05, 0) is 30.5 Å². The minimum absolute atomic E-state index is 0.0414. The molecule has 0 fully saturated rings. The molecule has 0 amide bonds. The summed E-state index contributed by atoms with van der Waals surface area (Å²) in [7, 11) is 0. The third-order valence-electron chi connectivity index (χ3n) is 3.55. The lowest BCUT2D eigenvalue weighted by Gasteiger charge is -2.08. The highest BCUT2D eigenvalue weighted by molar-refractivity contribution is 5.88. The minimum atomic E-state index is -0.0414. The van der Waals surface area contributed by atoms with E-state index in [0.29, 0.717) is 0 Å². The molecule has 2 aromatic heterocycles. The maximum Gasteiger partial charge on any atom is 0.330 e. The molecule has 1 N–H and O–H groups in total. The maximum atomic E-state index is 12.2. The van der Waals surface area contributed by atoms with Crippen LogP contribution in [0.3, 0.4) is 0 Å². The second kappa shape index (κ2) is 4.02. The molecule has 0 radical (unpaired) electrons. The van der Waals surface area contributed by atoms with Crippen molar-refractivity contribution in [2.45, 2.75) is 26.7 Å². The Balaban J connectivity index is 2.58. The SMILES string of the molecule is CCc1[nH]c(=O)n2c(cc3ccccc32)c1CC. The molecule has 0 spiro atoms. The second-order valence-corrected chi connectivity index (χ2v) is 4.52. The fourth-order valence-electron chi connectivity index (χ4n) is 2.71. The first-order valence-corrected chi connectivity index (χ1v) is 6.40. The Morgan fingerprint density at radius 3 is 2.61 bits per heavy atom. The number of rotatable bonds is 2. The van der Waals surface area contributed by atoms with Crippen molar-refractivity contribution in [3.05, 3.63) is 52.1 Å². The molecule has 2 heterocycles. The molecule has 3 rings (SSSR count). The molecule has 0 saturated heterocycles. The first kappa shape index (κ1) is 11.1. The normalized spacial score (nSPS) is 11.4. The van der Waals surface area contributed by atoms with Gasteiger partial charge >= 0.3 is 5.69 Å². The molecular formula is C15H16N2O. The summed E-state index contributed by atoms with van der Waals surface area (Å²) in [5, 5.41) is 1.12. The highest BCUT2D eigenvalue weighted by Crippen LogP contribution is 2.22. The lowest BCUT2D eigenvalue weighted by atomic mass is 10.1. The molecule has 0 bridgehead atoms. The van der Waals surface area contributed by atoms with Crippen molar-refractivity contribution in [3.63, 3.8) is 0 Å². The van der Waals surface area contributed by atoms with Crippen LogP contribution in [0.5, 0.6) is 0 Å². The van der Waals surface area contributed by atoms with Gasteiger partial charge in [0.1, 0.15) is 0 Å². The Bertz CT molecular complexity index is 780. The van der Waals surface area contributed by atoms with Crippen molar-refractivity contribution >= 4 is 16.4 Å². The van der Waals surface area contributed by atoms with Crippen LogP contribution in [-0.4, -0.2) is 9.38 Å². The second-order valence-electron chi connectivity index (χ2n) is 4.52. The van der Waals surface area contributed by atoms with Crippen LogP contribution in [0.2, 0.25) is 0 Å². The summed E-state index contributed by atoms with van der Waals surface area (Å²) in [5.74, 6) is 0. The van der Waals surface area contributed by atoms with Crippen LogP contribution in [-0.2, 0) is 12.8 Å². The van der Waals surface area contributed by atoms with Gasteiger partial charge < -0.3 is 4.98 Å². The third kappa shape index (κ3) is 1.40. The summed E-state index contributed by atoms with van der Waals surface area (Å²) < 4.78 is 1.79. The number of nitrogens with one attached hydrogen (secondary N) is 1. The van der Waals surface area contributed by atoms with E-state index >= 15 is 0 Å². The molecule has 0 aliphatic rings. The Kier molecular flexibility index (Phi) is 2.47. The van der Waals surface area contributed by atoms with E-state index in [1.54, 1.807) is 4.40 Å². The first-order valence-electron chi connectivity index (χ1n) is 6.40. The molecule has 0 saturated carbocycles. The first-order chi connectivity index (χ1) is 8.76. The van der Waals surface area contributed by atoms with Crippen molar-refractivity contribution in [3.8, 4) is 0 Å². The molecule has 3 nitrogen and oxygen atoms in total. The largest absolute Gasteiger partial charge is 0.330 e. The van der Waals surface area contributed by atoms with Crippen molar-refractivity contribution in [1.82, 2.24) is 9.38 Å². The zero-order valence-electron chi connectivity index (χ0n) is 10.7. The fraction of sp³-hybridized carbons (Fsp3) is 0.267. The average molecular weight is 240 g/mol. The van der Waals surface area contributed by atoms with Gasteiger partial charge in [-0.15, -0.1) is 0 Å². The molecule has 3 heteroatoms. The summed E-state index contributed by atoms with van der Waals surface area (Å²) in [4.78, 5) is 15.2. The Labute approximate surface area is 105 Å². The zero-order valence-corrected chi connectivity index (χ0v) is 10.7. The van der Waals surface area contributed by atoms with Crippen molar-refractivity contribution in [2.24, 2.45) is 0 Å². The number of aryl methyl sites for hydroxylation is 2. The van der Waals surface area contributed by atoms with Gasteiger partial charge in [0.05, 0.1) is 11.0 Å².